The third-order valence-corrected chi connectivity index (χ3v) is 6.59. The first-order valence-corrected chi connectivity index (χ1v) is 12.2. The fraction of sp³-hybridized carbons (Fsp3) is 0.269. The fourth-order valence-corrected chi connectivity index (χ4v) is 4.95. The van der Waals surface area contributed by atoms with Gasteiger partial charge in [-0.3, -0.25) is 19.4 Å². The van der Waals surface area contributed by atoms with E-state index < -0.39 is 5.82 Å². The minimum absolute atomic E-state index is 0.136. The molecule has 3 aromatic rings. The summed E-state index contributed by atoms with van der Waals surface area (Å²) < 4.78 is 14.2. The van der Waals surface area contributed by atoms with E-state index in [4.69, 9.17) is 0 Å². The van der Waals surface area contributed by atoms with Crippen molar-refractivity contribution in [1.82, 2.24) is 15.2 Å². The van der Waals surface area contributed by atoms with Crippen LogP contribution in [0, 0.1) is 5.82 Å². The number of benzene rings is 2. The molecule has 2 heterocycles. The molecule has 1 unspecified atom stereocenters. The number of rotatable bonds is 8. The van der Waals surface area contributed by atoms with Crippen LogP contribution in [0.25, 0.3) is 6.08 Å². The monoisotopic (exact) mass is 478 g/mol. The highest BCUT2D eigenvalue weighted by molar-refractivity contribution is 7.14. The van der Waals surface area contributed by atoms with Gasteiger partial charge in [-0.15, -0.1) is 11.3 Å². The molecule has 1 saturated heterocycles. The Morgan fingerprint density at radius 2 is 1.85 bits per heavy atom. The molecule has 1 fully saturated rings. The average molecular weight is 479 g/mol. The Bertz CT molecular complexity index is 1160. The molecule has 6 nitrogen and oxygen atoms in total. The summed E-state index contributed by atoms with van der Waals surface area (Å²) in [6.07, 6.45) is 5.38. The third kappa shape index (κ3) is 5.76. The first-order valence-electron chi connectivity index (χ1n) is 11.3. The lowest BCUT2D eigenvalue weighted by molar-refractivity contribution is -0.117. The van der Waals surface area contributed by atoms with Gasteiger partial charge in [-0.1, -0.05) is 42.5 Å². The highest BCUT2D eigenvalue weighted by atomic mass is 32.1. The van der Waals surface area contributed by atoms with Gasteiger partial charge in [0.25, 0.3) is 0 Å². The van der Waals surface area contributed by atoms with Crippen LogP contribution in [0.3, 0.4) is 0 Å². The number of nitrogens with zero attached hydrogens (tertiary/aromatic N) is 3. The second-order valence-electron chi connectivity index (χ2n) is 8.11. The largest absolute Gasteiger partial charge is 0.351 e. The van der Waals surface area contributed by atoms with Crippen LogP contribution in [0.15, 0.2) is 66.1 Å². The van der Waals surface area contributed by atoms with Gasteiger partial charge in [0.05, 0.1) is 17.4 Å². The van der Waals surface area contributed by atoms with E-state index in [9.17, 15) is 14.0 Å². The number of amides is 2. The number of para-hydroxylation sites is 1. The van der Waals surface area contributed by atoms with Crippen molar-refractivity contribution in [2.45, 2.75) is 25.8 Å². The molecular weight excluding hydrogens is 451 g/mol. The molecule has 176 valence electrons. The number of hydrogen-bond acceptors (Lipinski definition) is 5. The zero-order valence-electron chi connectivity index (χ0n) is 19.0. The van der Waals surface area contributed by atoms with Crippen molar-refractivity contribution in [3.05, 3.63) is 83.1 Å². The van der Waals surface area contributed by atoms with E-state index in [-0.39, 0.29) is 23.5 Å². The number of aromatic nitrogens is 1. The van der Waals surface area contributed by atoms with Crippen molar-refractivity contribution in [2.75, 3.05) is 24.5 Å². The van der Waals surface area contributed by atoms with Crippen molar-refractivity contribution < 1.29 is 14.0 Å². The smallest absolute Gasteiger partial charge is 0.244 e. The average Bonchev–Trinajstić information content (AvgIpc) is 3.53. The summed E-state index contributed by atoms with van der Waals surface area (Å²) in [6, 6.07) is 16.4. The number of carbonyl (C=O) groups is 2. The van der Waals surface area contributed by atoms with Crippen LogP contribution in [0.1, 0.15) is 37.1 Å². The molecular formula is C26H27FN4O2S. The predicted octanol–water partition coefficient (Wildman–Crippen LogP) is 4.93. The van der Waals surface area contributed by atoms with Crippen LogP contribution >= 0.6 is 11.3 Å². The van der Waals surface area contributed by atoms with Crippen LogP contribution in [-0.2, 0) is 9.59 Å². The normalized spacial score (nSPS) is 14.9. The number of halogens is 1. The van der Waals surface area contributed by atoms with E-state index in [1.807, 2.05) is 18.2 Å². The number of anilines is 2. The molecule has 0 aliphatic carbocycles. The Morgan fingerprint density at radius 1 is 1.15 bits per heavy atom. The number of likely N-dealkylation sites (tertiary alicyclic amines) is 1. The van der Waals surface area contributed by atoms with E-state index in [0.29, 0.717) is 17.4 Å². The van der Waals surface area contributed by atoms with E-state index in [2.05, 4.69) is 27.3 Å². The lowest BCUT2D eigenvalue weighted by atomic mass is 10.1. The first kappa shape index (κ1) is 23.8. The molecule has 0 saturated carbocycles. The highest BCUT2D eigenvalue weighted by Gasteiger charge is 2.24. The highest BCUT2D eigenvalue weighted by Crippen LogP contribution is 2.31. The van der Waals surface area contributed by atoms with Gasteiger partial charge in [0, 0.05) is 24.9 Å². The van der Waals surface area contributed by atoms with Crippen molar-refractivity contribution in [2.24, 2.45) is 0 Å². The summed E-state index contributed by atoms with van der Waals surface area (Å²) in [4.78, 5) is 32.8. The molecule has 1 N–H and O–H groups in total. The lowest BCUT2D eigenvalue weighted by Gasteiger charge is -2.28. The maximum Gasteiger partial charge on any atom is 0.244 e. The minimum atomic E-state index is -0.504. The van der Waals surface area contributed by atoms with Crippen molar-refractivity contribution in [3.63, 3.8) is 0 Å². The van der Waals surface area contributed by atoms with Gasteiger partial charge >= 0.3 is 0 Å². The van der Waals surface area contributed by atoms with E-state index in [1.54, 1.807) is 23.6 Å². The van der Waals surface area contributed by atoms with Crippen LogP contribution in [0.2, 0.25) is 0 Å². The van der Waals surface area contributed by atoms with Gasteiger partial charge in [0.15, 0.2) is 5.13 Å². The van der Waals surface area contributed by atoms with E-state index in [1.165, 1.54) is 59.8 Å². The van der Waals surface area contributed by atoms with Gasteiger partial charge in [-0.05, 0) is 49.7 Å². The zero-order valence-corrected chi connectivity index (χ0v) is 19.8. The van der Waals surface area contributed by atoms with Gasteiger partial charge < -0.3 is 5.32 Å². The molecule has 8 heteroatoms. The SMILES string of the molecule is CC(=O)N(c1nc(/C=C/C(=O)NCC(c2ccccc2)N2CCCC2)cs1)c1ccccc1F. The predicted molar refractivity (Wildman–Crippen MR) is 133 cm³/mol. The van der Waals surface area contributed by atoms with Crippen LogP contribution in [0.5, 0.6) is 0 Å². The fourth-order valence-electron chi connectivity index (χ4n) is 4.10. The second-order valence-corrected chi connectivity index (χ2v) is 8.95. The Balaban J connectivity index is 1.41. The van der Waals surface area contributed by atoms with Gasteiger partial charge in [-0.2, -0.15) is 0 Å². The molecule has 1 aliphatic heterocycles. The Hall–Kier alpha value is -3.36. The summed E-state index contributed by atoms with van der Waals surface area (Å²) in [5.41, 5.74) is 1.86. The van der Waals surface area contributed by atoms with E-state index >= 15 is 0 Å². The molecule has 4 rings (SSSR count). The maximum atomic E-state index is 14.2. The Kier molecular flexibility index (Phi) is 7.82. The molecule has 0 bridgehead atoms. The molecule has 0 spiro atoms. The van der Waals surface area contributed by atoms with Crippen LogP contribution < -0.4 is 10.2 Å². The summed E-state index contributed by atoms with van der Waals surface area (Å²) in [5.74, 6) is -1.07. The molecule has 0 radical (unpaired) electrons. The quantitative estimate of drug-likeness (QED) is 0.466. The van der Waals surface area contributed by atoms with Gasteiger partial charge in [0.1, 0.15) is 5.82 Å². The van der Waals surface area contributed by atoms with E-state index in [0.717, 1.165) is 13.1 Å². The van der Waals surface area contributed by atoms with Crippen LogP contribution in [-0.4, -0.2) is 41.3 Å². The molecule has 2 amide bonds. The first-order chi connectivity index (χ1) is 16.5. The third-order valence-electron chi connectivity index (χ3n) is 5.75. The Morgan fingerprint density at radius 3 is 2.56 bits per heavy atom. The minimum Gasteiger partial charge on any atom is -0.351 e. The second kappa shape index (κ2) is 11.2. The van der Waals surface area contributed by atoms with Crippen molar-refractivity contribution in [1.29, 1.82) is 0 Å². The standard InChI is InChI=1S/C26H27FN4O2S/c1-19(32)31(23-12-6-5-11-22(23)27)26-29-21(18-34-26)13-14-25(33)28-17-24(30-15-7-8-16-30)20-9-3-2-4-10-20/h2-6,9-14,18,24H,7-8,15-17H2,1H3,(H,28,33)/b14-13+. The molecule has 1 atom stereocenters. The number of hydrogen-bond donors (Lipinski definition) is 1. The topological polar surface area (TPSA) is 65.5 Å². The number of carbonyl (C=O) groups excluding carboxylic acids is 2. The number of nitrogens with one attached hydrogen (secondary N) is 1. The summed E-state index contributed by atoms with van der Waals surface area (Å²) in [6.45, 7) is 3.93. The van der Waals surface area contributed by atoms with Gasteiger partial charge in [-0.25, -0.2) is 9.37 Å². The molecule has 34 heavy (non-hydrogen) atoms. The Labute approximate surface area is 202 Å². The van der Waals surface area contributed by atoms with Crippen LogP contribution in [0.4, 0.5) is 15.2 Å². The maximum absolute atomic E-state index is 14.2. The van der Waals surface area contributed by atoms with Crippen molar-refractivity contribution in [3.8, 4) is 0 Å². The lowest BCUT2D eigenvalue weighted by Crippen LogP contribution is -2.36. The summed E-state index contributed by atoms with van der Waals surface area (Å²) in [7, 11) is 0. The molecule has 1 aromatic heterocycles. The zero-order chi connectivity index (χ0) is 23.9. The molecule has 2 aromatic carbocycles. The van der Waals surface area contributed by atoms with Gasteiger partial charge in [0.2, 0.25) is 11.8 Å². The molecule has 1 aliphatic rings. The number of thiazole rings is 1. The summed E-state index contributed by atoms with van der Waals surface area (Å²) in [5, 5.41) is 5.08. The van der Waals surface area contributed by atoms with Crippen molar-refractivity contribution >= 4 is 40.0 Å². The summed E-state index contributed by atoms with van der Waals surface area (Å²) >= 11 is 1.21.